The molecule has 0 atom stereocenters. The molecular weight excluding hydrogens is 384 g/mol. The van der Waals surface area contributed by atoms with E-state index in [4.69, 9.17) is 9.47 Å². The molecule has 0 radical (unpaired) electrons. The molecule has 2 aromatic rings. The molecule has 0 aliphatic heterocycles. The molecule has 6 heteroatoms. The number of carbonyl (C=O) groups excluding carboxylic acids is 1. The molecule has 0 unspecified atom stereocenters. The van der Waals surface area contributed by atoms with Crippen molar-refractivity contribution in [3.05, 3.63) is 70.7 Å². The minimum atomic E-state index is -0.292. The fourth-order valence-electron chi connectivity index (χ4n) is 2.01. The summed E-state index contributed by atoms with van der Waals surface area (Å²) >= 11 is 3.34. The maximum atomic E-state index is 12.1. The highest BCUT2D eigenvalue weighted by Crippen LogP contribution is 2.28. The number of rotatable bonds is 8. The highest BCUT2D eigenvalue weighted by molar-refractivity contribution is 9.10. The number of ether oxygens (including phenoxy) is 2. The van der Waals surface area contributed by atoms with Gasteiger partial charge in [0.05, 0.1) is 18.4 Å². The molecule has 2 aromatic carbocycles. The van der Waals surface area contributed by atoms with E-state index in [0.717, 1.165) is 5.56 Å². The average Bonchev–Trinajstić information content (AvgIpc) is 2.61. The number of hydrogen-bond acceptors (Lipinski definition) is 4. The molecule has 130 valence electrons. The van der Waals surface area contributed by atoms with Crippen LogP contribution in [-0.2, 0) is 0 Å². The van der Waals surface area contributed by atoms with Gasteiger partial charge in [0.15, 0.2) is 11.5 Å². The zero-order valence-corrected chi connectivity index (χ0v) is 15.5. The molecule has 0 fully saturated rings. The number of carbonyl (C=O) groups is 1. The first-order chi connectivity index (χ1) is 12.2. The lowest BCUT2D eigenvalue weighted by atomic mass is 10.2. The number of amides is 1. The van der Waals surface area contributed by atoms with Crippen molar-refractivity contribution < 1.29 is 14.3 Å². The quantitative estimate of drug-likeness (QED) is 0.409. The van der Waals surface area contributed by atoms with Crippen molar-refractivity contribution in [1.29, 1.82) is 0 Å². The van der Waals surface area contributed by atoms with Crippen molar-refractivity contribution in [2.45, 2.75) is 6.92 Å². The molecule has 25 heavy (non-hydrogen) atoms. The fourth-order valence-corrected chi connectivity index (χ4v) is 2.48. The molecule has 5 nitrogen and oxygen atoms in total. The number of nitrogens with zero attached hydrogens (tertiary/aromatic N) is 1. The smallest absolute Gasteiger partial charge is 0.272 e. The molecule has 0 bridgehead atoms. The van der Waals surface area contributed by atoms with Gasteiger partial charge in [-0.2, -0.15) is 5.10 Å². The number of hydrazone groups is 1. The van der Waals surface area contributed by atoms with Crippen molar-refractivity contribution in [1.82, 2.24) is 5.43 Å². The Hall–Kier alpha value is -2.60. The van der Waals surface area contributed by atoms with Gasteiger partial charge >= 0.3 is 0 Å². The van der Waals surface area contributed by atoms with E-state index in [-0.39, 0.29) is 5.91 Å². The number of nitrogens with one attached hydrogen (secondary N) is 1. The monoisotopic (exact) mass is 402 g/mol. The van der Waals surface area contributed by atoms with Gasteiger partial charge < -0.3 is 9.47 Å². The zero-order chi connectivity index (χ0) is 18.1. The summed E-state index contributed by atoms with van der Waals surface area (Å²) < 4.78 is 11.8. The Morgan fingerprint density at radius 3 is 2.76 bits per heavy atom. The first-order valence-electron chi connectivity index (χ1n) is 7.74. The minimum absolute atomic E-state index is 0.292. The van der Waals surface area contributed by atoms with Crippen LogP contribution in [0.3, 0.4) is 0 Å². The predicted octanol–water partition coefficient (Wildman–Crippen LogP) is 4.18. The van der Waals surface area contributed by atoms with Crippen LogP contribution in [0.25, 0.3) is 0 Å². The van der Waals surface area contributed by atoms with Gasteiger partial charge in [-0.15, -0.1) is 0 Å². The maximum absolute atomic E-state index is 12.1. The van der Waals surface area contributed by atoms with Crippen LogP contribution in [0.15, 0.2) is 64.7 Å². The molecule has 2 rings (SSSR count). The summed E-state index contributed by atoms with van der Waals surface area (Å²) in [6, 6.07) is 12.6. The molecule has 0 aliphatic rings. The Morgan fingerprint density at radius 1 is 1.24 bits per heavy atom. The summed E-state index contributed by atoms with van der Waals surface area (Å²) in [6.07, 6.45) is 3.22. The number of halogens is 1. The van der Waals surface area contributed by atoms with E-state index in [1.165, 1.54) is 0 Å². The Bertz CT molecular complexity index is 775. The summed E-state index contributed by atoms with van der Waals surface area (Å²) in [7, 11) is 0. The lowest BCUT2D eigenvalue weighted by Gasteiger charge is -2.11. The van der Waals surface area contributed by atoms with Crippen molar-refractivity contribution >= 4 is 28.1 Å². The predicted molar refractivity (Wildman–Crippen MR) is 103 cm³/mol. The van der Waals surface area contributed by atoms with E-state index >= 15 is 0 Å². The normalized spacial score (nSPS) is 10.5. The van der Waals surface area contributed by atoms with E-state index in [0.29, 0.717) is 34.7 Å². The van der Waals surface area contributed by atoms with E-state index < -0.39 is 0 Å². The third-order valence-electron chi connectivity index (χ3n) is 3.12. The van der Waals surface area contributed by atoms with Gasteiger partial charge in [-0.05, 0) is 58.7 Å². The zero-order valence-electron chi connectivity index (χ0n) is 13.9. The lowest BCUT2D eigenvalue weighted by molar-refractivity contribution is 0.0954. The van der Waals surface area contributed by atoms with Crippen LogP contribution >= 0.6 is 15.9 Å². The summed E-state index contributed by atoms with van der Waals surface area (Å²) in [6.45, 7) is 6.44. The summed E-state index contributed by atoms with van der Waals surface area (Å²) in [5.41, 5.74) is 3.80. The van der Waals surface area contributed by atoms with Crippen molar-refractivity contribution in [2.75, 3.05) is 13.2 Å². The first-order valence-corrected chi connectivity index (χ1v) is 8.53. The number of benzene rings is 2. The van der Waals surface area contributed by atoms with Gasteiger partial charge in [-0.3, -0.25) is 4.79 Å². The van der Waals surface area contributed by atoms with Crippen LogP contribution in [0.1, 0.15) is 22.8 Å². The third kappa shape index (κ3) is 5.46. The SMILES string of the molecule is C=CCOc1ccc(/C=N/NC(=O)c2ccccc2Br)cc1OCC. The molecule has 0 saturated carbocycles. The second kappa shape index (κ2) is 9.64. The summed E-state index contributed by atoms with van der Waals surface area (Å²) in [5, 5.41) is 3.99. The van der Waals surface area contributed by atoms with Crippen LogP contribution in [0, 0.1) is 0 Å². The molecule has 0 aliphatic carbocycles. The second-order valence-corrected chi connectivity index (χ2v) is 5.77. The highest BCUT2D eigenvalue weighted by Gasteiger charge is 2.08. The standard InChI is InChI=1S/C19H19BrN2O3/c1-3-11-25-17-10-9-14(12-18(17)24-4-2)13-21-22-19(23)15-7-5-6-8-16(15)20/h3,5-10,12-13H,1,4,11H2,2H3,(H,22,23)/b21-13+. The molecule has 1 amide bonds. The van der Waals surface area contributed by atoms with Crippen LogP contribution < -0.4 is 14.9 Å². The molecule has 0 aromatic heterocycles. The maximum Gasteiger partial charge on any atom is 0.272 e. The molecule has 0 heterocycles. The second-order valence-electron chi connectivity index (χ2n) is 4.92. The average molecular weight is 403 g/mol. The van der Waals surface area contributed by atoms with Crippen LogP contribution in [0.5, 0.6) is 11.5 Å². The van der Waals surface area contributed by atoms with Crippen molar-refractivity contribution in [2.24, 2.45) is 5.10 Å². The van der Waals surface area contributed by atoms with Crippen molar-refractivity contribution in [3.8, 4) is 11.5 Å². The topological polar surface area (TPSA) is 59.9 Å². The highest BCUT2D eigenvalue weighted by atomic mass is 79.9. The Balaban J connectivity index is 2.07. The van der Waals surface area contributed by atoms with Gasteiger partial charge in [0.25, 0.3) is 5.91 Å². The molecule has 0 saturated heterocycles. The summed E-state index contributed by atoms with van der Waals surface area (Å²) in [4.78, 5) is 12.1. The van der Waals surface area contributed by atoms with E-state index in [9.17, 15) is 4.79 Å². The van der Waals surface area contributed by atoms with E-state index in [1.807, 2.05) is 19.1 Å². The largest absolute Gasteiger partial charge is 0.490 e. The van der Waals surface area contributed by atoms with E-state index in [2.05, 4.69) is 33.0 Å². The lowest BCUT2D eigenvalue weighted by Crippen LogP contribution is -2.18. The van der Waals surface area contributed by atoms with Gasteiger partial charge in [-0.25, -0.2) is 5.43 Å². The van der Waals surface area contributed by atoms with Crippen molar-refractivity contribution in [3.63, 3.8) is 0 Å². The third-order valence-corrected chi connectivity index (χ3v) is 3.81. The molecule has 0 spiro atoms. The number of hydrogen-bond donors (Lipinski definition) is 1. The Morgan fingerprint density at radius 2 is 2.04 bits per heavy atom. The molecular formula is C19H19BrN2O3. The van der Waals surface area contributed by atoms with Crippen LogP contribution in [0.2, 0.25) is 0 Å². The minimum Gasteiger partial charge on any atom is -0.490 e. The van der Waals surface area contributed by atoms with Gasteiger partial charge in [0.2, 0.25) is 0 Å². The first kappa shape index (κ1) is 18.7. The van der Waals surface area contributed by atoms with E-state index in [1.54, 1.807) is 42.6 Å². The Labute approximate surface area is 155 Å². The van der Waals surface area contributed by atoms with Crippen LogP contribution in [0.4, 0.5) is 0 Å². The van der Waals surface area contributed by atoms with Gasteiger partial charge in [0, 0.05) is 4.47 Å². The molecule has 1 N–H and O–H groups in total. The Kier molecular flexibility index (Phi) is 7.22. The van der Waals surface area contributed by atoms with Crippen LogP contribution in [-0.4, -0.2) is 25.3 Å². The fraction of sp³-hybridized carbons (Fsp3) is 0.158. The summed E-state index contributed by atoms with van der Waals surface area (Å²) in [5.74, 6) is 0.960. The van der Waals surface area contributed by atoms with Gasteiger partial charge in [0.1, 0.15) is 6.61 Å². The van der Waals surface area contributed by atoms with Gasteiger partial charge in [-0.1, -0.05) is 24.8 Å².